The molecule has 2 aromatic rings. The first-order valence-corrected chi connectivity index (χ1v) is 8.34. The Kier molecular flexibility index (Phi) is 4.81. The van der Waals surface area contributed by atoms with Crippen LogP contribution in [0.25, 0.3) is 0 Å². The van der Waals surface area contributed by atoms with Gasteiger partial charge in [0, 0.05) is 6.04 Å². The van der Waals surface area contributed by atoms with E-state index in [2.05, 4.69) is 4.72 Å². The molecular weight excluding hydrogens is 327 g/mol. The second-order valence-corrected chi connectivity index (χ2v) is 6.99. The van der Waals surface area contributed by atoms with Crippen molar-refractivity contribution in [2.45, 2.75) is 31.0 Å². The van der Waals surface area contributed by atoms with Gasteiger partial charge in [0.1, 0.15) is 0 Å². The van der Waals surface area contributed by atoms with Crippen LogP contribution in [0.2, 0.25) is 0 Å². The van der Waals surface area contributed by atoms with Gasteiger partial charge in [0.05, 0.1) is 10.5 Å². The lowest BCUT2D eigenvalue weighted by molar-refractivity contribution is -0.137. The molecule has 0 aromatic heterocycles. The van der Waals surface area contributed by atoms with Gasteiger partial charge in [0.15, 0.2) is 0 Å². The second kappa shape index (κ2) is 6.33. The molecule has 23 heavy (non-hydrogen) atoms. The molecule has 0 heterocycles. The van der Waals surface area contributed by atoms with E-state index in [0.29, 0.717) is 5.56 Å². The van der Waals surface area contributed by atoms with E-state index in [1.807, 2.05) is 6.92 Å². The van der Waals surface area contributed by atoms with Crippen molar-refractivity contribution in [3.05, 3.63) is 65.2 Å². The van der Waals surface area contributed by atoms with E-state index in [1.54, 1.807) is 19.1 Å². The van der Waals surface area contributed by atoms with Crippen molar-refractivity contribution in [3.63, 3.8) is 0 Å². The molecule has 0 bridgehead atoms. The maximum atomic E-state index is 12.5. The molecule has 0 saturated heterocycles. The minimum atomic E-state index is -4.41. The van der Waals surface area contributed by atoms with Gasteiger partial charge >= 0.3 is 6.18 Å². The molecule has 0 spiro atoms. The Morgan fingerprint density at radius 1 is 0.957 bits per heavy atom. The number of halogens is 3. The molecule has 2 rings (SSSR count). The van der Waals surface area contributed by atoms with Crippen LogP contribution in [0.1, 0.15) is 29.7 Å². The highest BCUT2D eigenvalue weighted by atomic mass is 32.2. The van der Waals surface area contributed by atoms with Gasteiger partial charge in [-0.25, -0.2) is 13.1 Å². The van der Waals surface area contributed by atoms with E-state index in [1.165, 1.54) is 24.3 Å². The van der Waals surface area contributed by atoms with Crippen LogP contribution in [0.5, 0.6) is 0 Å². The van der Waals surface area contributed by atoms with E-state index in [4.69, 9.17) is 0 Å². The first-order chi connectivity index (χ1) is 10.6. The number of hydrogen-bond donors (Lipinski definition) is 1. The highest BCUT2D eigenvalue weighted by Crippen LogP contribution is 2.30. The molecule has 0 unspecified atom stereocenters. The average molecular weight is 343 g/mol. The van der Waals surface area contributed by atoms with Gasteiger partial charge in [-0.1, -0.05) is 29.8 Å². The van der Waals surface area contributed by atoms with Crippen LogP contribution in [0.15, 0.2) is 53.4 Å². The maximum absolute atomic E-state index is 12.5. The highest BCUT2D eigenvalue weighted by molar-refractivity contribution is 7.89. The van der Waals surface area contributed by atoms with Crippen LogP contribution >= 0.6 is 0 Å². The van der Waals surface area contributed by atoms with Gasteiger partial charge in [0.25, 0.3) is 0 Å². The summed E-state index contributed by atoms with van der Waals surface area (Å²) in [4.78, 5) is 0.113. The molecule has 0 aliphatic rings. The van der Waals surface area contributed by atoms with Crippen molar-refractivity contribution in [1.82, 2.24) is 4.72 Å². The largest absolute Gasteiger partial charge is 0.416 e. The summed E-state index contributed by atoms with van der Waals surface area (Å²) in [6.45, 7) is 3.42. The van der Waals surface area contributed by atoms with Crippen LogP contribution in [-0.2, 0) is 16.2 Å². The molecule has 0 amide bonds. The third-order valence-corrected chi connectivity index (χ3v) is 4.96. The summed E-state index contributed by atoms with van der Waals surface area (Å²) >= 11 is 0. The van der Waals surface area contributed by atoms with Crippen LogP contribution in [0.3, 0.4) is 0 Å². The van der Waals surface area contributed by atoms with Crippen molar-refractivity contribution >= 4 is 10.0 Å². The number of rotatable bonds is 4. The quantitative estimate of drug-likeness (QED) is 0.910. The fourth-order valence-corrected chi connectivity index (χ4v) is 3.28. The number of sulfonamides is 1. The normalized spacial score (nSPS) is 13.8. The van der Waals surface area contributed by atoms with Crippen molar-refractivity contribution < 1.29 is 21.6 Å². The number of hydrogen-bond acceptors (Lipinski definition) is 2. The van der Waals surface area contributed by atoms with E-state index in [0.717, 1.165) is 17.7 Å². The molecule has 0 aliphatic heterocycles. The average Bonchev–Trinajstić information content (AvgIpc) is 2.46. The SMILES string of the molecule is Cc1ccc(S(=O)(=O)N[C@@H](C)c2ccc(C(F)(F)F)cc2)cc1. The maximum Gasteiger partial charge on any atom is 0.416 e. The first kappa shape index (κ1) is 17.5. The summed E-state index contributed by atoms with van der Waals surface area (Å²) in [5, 5.41) is 0. The van der Waals surface area contributed by atoms with Crippen molar-refractivity contribution in [1.29, 1.82) is 0 Å². The molecular formula is C16H16F3NO2S. The Labute approximate surface area is 133 Å². The Balaban J connectivity index is 2.18. The zero-order valence-electron chi connectivity index (χ0n) is 12.6. The van der Waals surface area contributed by atoms with Gasteiger partial charge in [-0.05, 0) is 43.7 Å². The fourth-order valence-electron chi connectivity index (χ4n) is 2.05. The number of benzene rings is 2. The van der Waals surface area contributed by atoms with Gasteiger partial charge in [-0.3, -0.25) is 0 Å². The number of aryl methyl sites for hydroxylation is 1. The Morgan fingerprint density at radius 2 is 1.48 bits per heavy atom. The lowest BCUT2D eigenvalue weighted by Gasteiger charge is -2.16. The Morgan fingerprint density at radius 3 is 1.96 bits per heavy atom. The zero-order chi connectivity index (χ0) is 17.3. The minimum Gasteiger partial charge on any atom is -0.207 e. The standard InChI is InChI=1S/C16H16F3NO2S/c1-11-3-9-15(10-4-11)23(21,22)20-12(2)13-5-7-14(8-6-13)16(17,18)19/h3-10,12,20H,1-2H3/t12-/m0/s1. The summed E-state index contributed by atoms with van der Waals surface area (Å²) in [5.74, 6) is 0. The van der Waals surface area contributed by atoms with Crippen molar-refractivity contribution in [2.24, 2.45) is 0 Å². The fraction of sp³-hybridized carbons (Fsp3) is 0.250. The van der Waals surface area contributed by atoms with E-state index in [9.17, 15) is 21.6 Å². The molecule has 0 aliphatic carbocycles. The Hall–Kier alpha value is -1.86. The summed E-state index contributed by atoms with van der Waals surface area (Å²) < 4.78 is 64.6. The van der Waals surface area contributed by atoms with Crippen LogP contribution in [0, 0.1) is 6.92 Å². The van der Waals surface area contributed by atoms with Crippen LogP contribution in [0.4, 0.5) is 13.2 Å². The lowest BCUT2D eigenvalue weighted by Crippen LogP contribution is -2.27. The van der Waals surface area contributed by atoms with Crippen molar-refractivity contribution in [2.75, 3.05) is 0 Å². The molecule has 0 radical (unpaired) electrons. The summed E-state index contributed by atoms with van der Waals surface area (Å²) in [5.41, 5.74) is 0.614. The lowest BCUT2D eigenvalue weighted by atomic mass is 10.1. The molecule has 1 atom stereocenters. The Bertz CT molecular complexity index is 766. The molecule has 124 valence electrons. The number of nitrogens with one attached hydrogen (secondary N) is 1. The summed E-state index contributed by atoms with van der Waals surface area (Å²) in [7, 11) is -3.74. The smallest absolute Gasteiger partial charge is 0.207 e. The van der Waals surface area contributed by atoms with Gasteiger partial charge in [-0.15, -0.1) is 0 Å². The third-order valence-electron chi connectivity index (χ3n) is 3.40. The molecule has 0 fully saturated rings. The van der Waals surface area contributed by atoms with Gasteiger partial charge < -0.3 is 0 Å². The minimum absolute atomic E-state index is 0.113. The zero-order valence-corrected chi connectivity index (χ0v) is 13.4. The van der Waals surface area contributed by atoms with Crippen LogP contribution < -0.4 is 4.72 Å². The van der Waals surface area contributed by atoms with Crippen LogP contribution in [-0.4, -0.2) is 8.42 Å². The molecule has 1 N–H and O–H groups in total. The summed E-state index contributed by atoms with van der Waals surface area (Å²) in [6, 6.07) is 10.1. The molecule has 7 heteroatoms. The van der Waals surface area contributed by atoms with E-state index < -0.39 is 27.8 Å². The second-order valence-electron chi connectivity index (χ2n) is 5.28. The van der Waals surface area contributed by atoms with Crippen molar-refractivity contribution in [3.8, 4) is 0 Å². The third kappa shape index (κ3) is 4.33. The number of alkyl halides is 3. The molecule has 0 saturated carbocycles. The molecule has 3 nitrogen and oxygen atoms in total. The predicted octanol–water partition coefficient (Wildman–Crippen LogP) is 4.05. The molecule has 2 aromatic carbocycles. The topological polar surface area (TPSA) is 46.2 Å². The summed E-state index contributed by atoms with van der Waals surface area (Å²) in [6.07, 6.45) is -4.41. The van der Waals surface area contributed by atoms with Gasteiger partial charge in [0.2, 0.25) is 10.0 Å². The monoisotopic (exact) mass is 343 g/mol. The first-order valence-electron chi connectivity index (χ1n) is 6.86. The highest BCUT2D eigenvalue weighted by Gasteiger charge is 2.30. The van der Waals surface area contributed by atoms with Gasteiger partial charge in [-0.2, -0.15) is 13.2 Å². The predicted molar refractivity (Wildman–Crippen MR) is 81.4 cm³/mol. The van der Waals surface area contributed by atoms with E-state index >= 15 is 0 Å². The van der Waals surface area contributed by atoms with E-state index in [-0.39, 0.29) is 4.90 Å².